The zero-order valence-corrected chi connectivity index (χ0v) is 17.3. The highest BCUT2D eigenvalue weighted by molar-refractivity contribution is 7.89. The number of aryl methyl sites for hydroxylation is 1. The number of halogens is 1. The first-order chi connectivity index (χ1) is 13.6. The van der Waals surface area contributed by atoms with Gasteiger partial charge in [-0.1, -0.05) is 6.08 Å². The maximum atomic E-state index is 13.1. The summed E-state index contributed by atoms with van der Waals surface area (Å²) in [4.78, 5) is 27.7. The fourth-order valence-corrected chi connectivity index (χ4v) is 4.33. The van der Waals surface area contributed by atoms with Gasteiger partial charge < -0.3 is 9.72 Å². The molecule has 0 fully saturated rings. The Morgan fingerprint density at radius 3 is 2.41 bits per heavy atom. The van der Waals surface area contributed by atoms with Crippen molar-refractivity contribution < 1.29 is 27.1 Å². The molecule has 29 heavy (non-hydrogen) atoms. The second kappa shape index (κ2) is 9.15. The van der Waals surface area contributed by atoms with Crippen LogP contribution in [-0.2, 0) is 14.8 Å². The lowest BCUT2D eigenvalue weighted by Gasteiger charge is -2.20. The topological polar surface area (TPSA) is 96.5 Å². The number of nitrogens with one attached hydrogen (secondary N) is 1. The minimum atomic E-state index is -4.05. The second-order valence-corrected chi connectivity index (χ2v) is 8.25. The van der Waals surface area contributed by atoms with E-state index >= 15 is 0 Å². The molecule has 0 aliphatic carbocycles. The lowest BCUT2D eigenvalue weighted by atomic mass is 10.1. The Kier molecular flexibility index (Phi) is 7.10. The van der Waals surface area contributed by atoms with Crippen LogP contribution in [0.1, 0.15) is 39.0 Å². The Hall–Kier alpha value is -2.78. The first-order valence-corrected chi connectivity index (χ1v) is 10.3. The van der Waals surface area contributed by atoms with Crippen LogP contribution in [0.25, 0.3) is 0 Å². The van der Waals surface area contributed by atoms with Crippen molar-refractivity contribution in [2.24, 2.45) is 0 Å². The van der Waals surface area contributed by atoms with Crippen molar-refractivity contribution in [3.05, 3.63) is 65.3 Å². The molecule has 0 aliphatic heterocycles. The summed E-state index contributed by atoms with van der Waals surface area (Å²) in [7, 11) is -4.05. The van der Waals surface area contributed by atoms with Gasteiger partial charge in [-0.2, -0.15) is 4.31 Å². The molecule has 0 saturated carbocycles. The number of Topliss-reactive ketones (excluding diaryl/α,β-unsaturated/α-hetero) is 1. The highest BCUT2D eigenvalue weighted by Gasteiger charge is 2.29. The number of ether oxygens (including phenoxy) is 1. The van der Waals surface area contributed by atoms with Crippen molar-refractivity contribution in [2.45, 2.75) is 25.7 Å². The van der Waals surface area contributed by atoms with Gasteiger partial charge >= 0.3 is 5.97 Å². The minimum Gasteiger partial charge on any atom is -0.461 e. The number of carbonyl (C=O) groups excluding carboxylic acids is 2. The van der Waals surface area contributed by atoms with Gasteiger partial charge in [0.25, 0.3) is 0 Å². The van der Waals surface area contributed by atoms with Crippen LogP contribution in [0.4, 0.5) is 4.39 Å². The van der Waals surface area contributed by atoms with Crippen molar-refractivity contribution in [3.63, 3.8) is 0 Å². The van der Waals surface area contributed by atoms with E-state index < -0.39 is 34.1 Å². The molecule has 1 N–H and O–H groups in total. The third kappa shape index (κ3) is 4.80. The van der Waals surface area contributed by atoms with E-state index in [4.69, 9.17) is 4.74 Å². The van der Waals surface area contributed by atoms with Crippen molar-refractivity contribution in [2.75, 3.05) is 19.7 Å². The smallest absolute Gasteiger partial charge is 0.355 e. The number of hydrogen-bond donors (Lipinski definition) is 1. The zero-order valence-electron chi connectivity index (χ0n) is 16.5. The number of carbonyl (C=O) groups is 2. The van der Waals surface area contributed by atoms with E-state index in [2.05, 4.69) is 11.6 Å². The van der Waals surface area contributed by atoms with Crippen molar-refractivity contribution in [1.29, 1.82) is 0 Å². The van der Waals surface area contributed by atoms with Crippen LogP contribution in [0.5, 0.6) is 0 Å². The predicted octanol–water partition coefficient (Wildman–Crippen LogP) is 3.01. The van der Waals surface area contributed by atoms with E-state index in [9.17, 15) is 22.4 Å². The molecule has 0 radical (unpaired) electrons. The molecule has 1 heterocycles. The number of aromatic amines is 1. The number of nitrogens with zero attached hydrogens (tertiary/aromatic N) is 1. The summed E-state index contributed by atoms with van der Waals surface area (Å²) in [5.74, 6) is -1.64. The van der Waals surface area contributed by atoms with E-state index in [1.54, 1.807) is 20.8 Å². The van der Waals surface area contributed by atoms with Gasteiger partial charge in [-0.05, 0) is 50.6 Å². The van der Waals surface area contributed by atoms with E-state index in [1.165, 1.54) is 6.08 Å². The summed E-state index contributed by atoms with van der Waals surface area (Å²) in [5.41, 5.74) is 1.22. The number of rotatable bonds is 9. The first-order valence-electron chi connectivity index (χ1n) is 8.89. The monoisotopic (exact) mass is 422 g/mol. The molecule has 2 aromatic rings. The van der Waals surface area contributed by atoms with Crippen LogP contribution in [0.2, 0.25) is 0 Å². The molecular weight excluding hydrogens is 399 g/mol. The zero-order chi connectivity index (χ0) is 21.8. The summed E-state index contributed by atoms with van der Waals surface area (Å²) >= 11 is 0. The summed E-state index contributed by atoms with van der Waals surface area (Å²) in [6, 6.07) is 4.34. The number of hydrogen-bond acceptors (Lipinski definition) is 5. The highest BCUT2D eigenvalue weighted by Crippen LogP contribution is 2.22. The molecule has 0 unspecified atom stereocenters. The van der Waals surface area contributed by atoms with Crippen LogP contribution >= 0.6 is 0 Å². The lowest BCUT2D eigenvalue weighted by molar-refractivity contribution is 0.0519. The summed E-state index contributed by atoms with van der Waals surface area (Å²) in [5, 5.41) is 0. The van der Waals surface area contributed by atoms with Crippen molar-refractivity contribution >= 4 is 21.8 Å². The standard InChI is InChI=1S/C20H23FN2O5S/c1-5-11-23(29(26,27)16-9-7-15(21)8-10-16)12-17(24)18-13(3)19(22-14(18)4)20(25)28-6-2/h5,7-10,22H,1,6,11-12H2,2-4H3. The molecule has 1 aromatic carbocycles. The van der Waals surface area contributed by atoms with Gasteiger partial charge in [-0.25, -0.2) is 17.6 Å². The quantitative estimate of drug-likeness (QED) is 0.381. The average molecular weight is 422 g/mol. The molecule has 1 aromatic heterocycles. The van der Waals surface area contributed by atoms with Gasteiger partial charge in [0.05, 0.1) is 18.0 Å². The third-order valence-electron chi connectivity index (χ3n) is 4.30. The molecule has 7 nitrogen and oxygen atoms in total. The molecule has 0 spiro atoms. The van der Waals surface area contributed by atoms with Gasteiger partial charge in [0, 0.05) is 17.8 Å². The number of esters is 1. The Bertz CT molecular complexity index is 1030. The fraction of sp³-hybridized carbons (Fsp3) is 0.300. The van der Waals surface area contributed by atoms with Gasteiger partial charge in [0.1, 0.15) is 11.5 Å². The Balaban J connectivity index is 2.36. The number of aromatic nitrogens is 1. The molecule has 0 atom stereocenters. The Labute approximate surface area is 169 Å². The molecule has 156 valence electrons. The van der Waals surface area contributed by atoms with E-state index in [-0.39, 0.29) is 29.3 Å². The van der Waals surface area contributed by atoms with Crippen molar-refractivity contribution in [3.8, 4) is 0 Å². The van der Waals surface area contributed by atoms with Gasteiger partial charge in [0.15, 0.2) is 5.78 Å². The SMILES string of the molecule is C=CCN(CC(=O)c1c(C)[nH]c(C(=O)OCC)c1C)S(=O)(=O)c1ccc(F)cc1. The van der Waals surface area contributed by atoms with Gasteiger partial charge in [-0.15, -0.1) is 6.58 Å². The van der Waals surface area contributed by atoms with E-state index in [0.717, 1.165) is 28.6 Å². The van der Waals surface area contributed by atoms with Gasteiger partial charge in [-0.3, -0.25) is 4.79 Å². The molecule has 0 bridgehead atoms. The summed E-state index contributed by atoms with van der Waals surface area (Å²) in [6.07, 6.45) is 1.36. The normalized spacial score (nSPS) is 11.5. The lowest BCUT2D eigenvalue weighted by Crippen LogP contribution is -2.36. The molecular formula is C20H23FN2O5S. The largest absolute Gasteiger partial charge is 0.461 e. The molecule has 9 heteroatoms. The van der Waals surface area contributed by atoms with Crippen LogP contribution in [0.15, 0.2) is 41.8 Å². The summed E-state index contributed by atoms with van der Waals surface area (Å²) in [6.45, 7) is 8.03. The molecule has 2 rings (SSSR count). The Morgan fingerprint density at radius 2 is 1.86 bits per heavy atom. The van der Waals surface area contributed by atoms with Crippen LogP contribution in [0.3, 0.4) is 0 Å². The number of ketones is 1. The van der Waals surface area contributed by atoms with Crippen molar-refractivity contribution in [1.82, 2.24) is 9.29 Å². The minimum absolute atomic E-state index is 0.112. The second-order valence-electron chi connectivity index (χ2n) is 6.31. The molecule has 0 amide bonds. The predicted molar refractivity (Wildman–Crippen MR) is 106 cm³/mol. The number of H-pyrrole nitrogens is 1. The fourth-order valence-electron chi connectivity index (χ4n) is 2.96. The molecule has 0 aliphatic rings. The van der Waals surface area contributed by atoms with E-state index in [0.29, 0.717) is 11.3 Å². The Morgan fingerprint density at radius 1 is 1.24 bits per heavy atom. The third-order valence-corrected chi connectivity index (χ3v) is 6.13. The van der Waals surface area contributed by atoms with E-state index in [1.807, 2.05) is 0 Å². The van der Waals surface area contributed by atoms with Crippen LogP contribution in [-0.4, -0.2) is 49.2 Å². The summed E-state index contributed by atoms with van der Waals surface area (Å²) < 4.78 is 44.8. The van der Waals surface area contributed by atoms with Gasteiger partial charge in [0.2, 0.25) is 10.0 Å². The maximum absolute atomic E-state index is 13.1. The van der Waals surface area contributed by atoms with Crippen LogP contribution in [0, 0.1) is 19.7 Å². The average Bonchev–Trinajstić information content (AvgIpc) is 2.96. The number of benzene rings is 1. The molecule has 0 saturated heterocycles. The highest BCUT2D eigenvalue weighted by atomic mass is 32.2. The number of sulfonamides is 1. The first kappa shape index (κ1) is 22.5. The van der Waals surface area contributed by atoms with Crippen LogP contribution < -0.4 is 0 Å². The maximum Gasteiger partial charge on any atom is 0.355 e.